The number of nitrogens with two attached hydrogens (primary N) is 1. The lowest BCUT2D eigenvalue weighted by Gasteiger charge is -2.37. The molecule has 0 aliphatic carbocycles. The van der Waals surface area contributed by atoms with Crippen molar-refractivity contribution < 1.29 is 87.2 Å². The number of primary amides is 1. The number of unbranched alkanes of at least 4 members (excludes halogenated alkanes) is 1. The van der Waals surface area contributed by atoms with E-state index in [4.69, 9.17) is 5.73 Å². The van der Waals surface area contributed by atoms with Gasteiger partial charge >= 0.3 is 0 Å². The van der Waals surface area contributed by atoms with Crippen LogP contribution in [0.15, 0.2) is 188 Å². The number of anilines is 1. The van der Waals surface area contributed by atoms with Crippen LogP contribution in [0.25, 0.3) is 10.9 Å². The largest absolute Gasteiger partial charge is 0.508 e. The minimum atomic E-state index is -1.60. The van der Waals surface area contributed by atoms with Crippen LogP contribution in [0.1, 0.15) is 106 Å². The van der Waals surface area contributed by atoms with Crippen LogP contribution in [0.3, 0.4) is 0 Å². The maximum Gasteiger partial charge on any atom is 0.250 e. The number of aromatic nitrogens is 1. The van der Waals surface area contributed by atoms with Crippen molar-refractivity contribution in [3.05, 3.63) is 227 Å². The van der Waals surface area contributed by atoms with Crippen molar-refractivity contribution in [2.75, 3.05) is 64.2 Å². The van der Waals surface area contributed by atoms with Gasteiger partial charge in [-0.1, -0.05) is 187 Å². The van der Waals surface area contributed by atoms with Gasteiger partial charge in [0.15, 0.2) is 0 Å². The zero-order chi connectivity index (χ0) is 96.3. The average Bonchev–Trinajstić information content (AvgIpc) is 1.69. The van der Waals surface area contributed by atoms with Gasteiger partial charge in [0.2, 0.25) is 88.6 Å². The number of rotatable bonds is 22. The third-order valence-corrected chi connectivity index (χ3v) is 24.6. The standard InChI is InChI=1S/C98H120N16O18S/c1-10-11-31-79-96(130)110(6)54-84(119)103-74(45-63-32-38-67(115)39-33-63)92(126)109-87(59(4)5)98(132)112(8)81(47-61-25-17-13-18-26-61)93(127)107-77-49-65-37-42-69(117)51-80(65)114(95(77)129)55-85(120)104-76(50-66-52-100-71-30-22-21-29-70(66)71)91(125)106-75(46-64-34-40-68(116)41-35-64)90(124)105-73(44-58(2)3)89(123)108-78(88(122)101-53-83(99)118)56-133-57-86(121)102-72(43-36-60-23-15-12-16-24-60)94(128)113(9)82(97(131)111(79)7)48-62-27-19-14-20-28-62/h12-30,32-35,37-42,51-52,58-59,72-79,81-82,87,100,115-117H,10-11,31,36,43-50,53-57H2,1-9H3,(H2,99,118)(H,101,122)(H,102,121)(H,103,119)(H,104,120)(H,105,124)(H,106,125)(H,107,127)(H,108,123)(H,109,126)/t72-,73-,74-,75-,76-,77-,78-,79-,81-,82-,87-/m0/s1. The lowest BCUT2D eigenvalue weighted by Crippen LogP contribution is -2.62. The molecular weight excluding hydrogens is 1720 g/mol. The average molecular weight is 1840 g/mol. The van der Waals surface area contributed by atoms with Crippen molar-refractivity contribution in [2.45, 2.75) is 178 Å². The molecule has 15 N–H and O–H groups in total. The fourth-order valence-corrected chi connectivity index (χ4v) is 17.0. The second-order valence-electron chi connectivity index (χ2n) is 34.5. The molecule has 2 aliphatic rings. The summed E-state index contributed by atoms with van der Waals surface area (Å²) in [6, 6.07) is 33.2. The van der Waals surface area contributed by atoms with Gasteiger partial charge < -0.3 is 98.4 Å². The van der Waals surface area contributed by atoms with Crippen molar-refractivity contribution in [3.8, 4) is 17.2 Å². The van der Waals surface area contributed by atoms with E-state index in [-0.39, 0.29) is 98.8 Å². The first-order chi connectivity index (χ1) is 63.5. The summed E-state index contributed by atoms with van der Waals surface area (Å²) in [7, 11) is 5.53. The Balaban J connectivity index is 1.04. The number of thioether (sulfide) groups is 1. The highest BCUT2D eigenvalue weighted by atomic mass is 32.2. The highest BCUT2D eigenvalue weighted by Gasteiger charge is 2.44. The Morgan fingerprint density at radius 2 is 0.977 bits per heavy atom. The minimum absolute atomic E-state index is 0.0125. The number of carbonyl (C=O) groups is 15. The molecule has 8 aromatic rings. The fraction of sp³-hybridized carbons (Fsp3) is 0.398. The number of hydrogen-bond donors (Lipinski definition) is 14. The Hall–Kier alpha value is -14.1. The van der Waals surface area contributed by atoms with Crippen LogP contribution < -0.4 is 58.5 Å². The zero-order valence-electron chi connectivity index (χ0n) is 76.1. The molecule has 15 amide bonds. The molecule has 10 rings (SSSR count). The summed E-state index contributed by atoms with van der Waals surface area (Å²) in [6.07, 6.45) is 1.55. The summed E-state index contributed by atoms with van der Waals surface area (Å²) >= 11 is 0.850. The first-order valence-corrected chi connectivity index (χ1v) is 45.6. The van der Waals surface area contributed by atoms with E-state index in [0.717, 1.165) is 32.0 Å². The van der Waals surface area contributed by atoms with E-state index in [1.807, 2.05) is 25.1 Å². The Bertz CT molecular complexity index is 5440. The zero-order valence-corrected chi connectivity index (χ0v) is 76.9. The topological polar surface area (TPSA) is 483 Å². The highest BCUT2D eigenvalue weighted by molar-refractivity contribution is 8.00. The summed E-state index contributed by atoms with van der Waals surface area (Å²) in [5.74, 6) is -15.2. The van der Waals surface area contributed by atoms with Gasteiger partial charge in [-0.2, -0.15) is 0 Å². The third kappa shape index (κ3) is 28.7. The van der Waals surface area contributed by atoms with Gasteiger partial charge in [-0.25, -0.2) is 0 Å². The van der Waals surface area contributed by atoms with Crippen LogP contribution in [0.5, 0.6) is 17.2 Å². The van der Waals surface area contributed by atoms with Crippen molar-refractivity contribution in [1.29, 1.82) is 0 Å². The minimum Gasteiger partial charge on any atom is -0.508 e. The van der Waals surface area contributed by atoms with E-state index in [0.29, 0.717) is 57.1 Å². The van der Waals surface area contributed by atoms with E-state index in [1.54, 1.807) is 131 Å². The number of aromatic amines is 1. The maximum absolute atomic E-state index is 15.7. The van der Waals surface area contributed by atoms with Gasteiger partial charge in [0.25, 0.3) is 0 Å². The van der Waals surface area contributed by atoms with Crippen molar-refractivity contribution in [3.63, 3.8) is 0 Å². The number of amides is 15. The molecule has 3 heterocycles. The van der Waals surface area contributed by atoms with E-state index in [2.05, 4.69) is 52.8 Å². The molecule has 1 fully saturated rings. The molecule has 0 unspecified atom stereocenters. The number of aryl methyl sites for hydroxylation is 1. The number of nitrogens with one attached hydrogen (secondary N) is 10. The number of likely N-dealkylation sites (N-methyl/N-ethyl adjacent to an activating group) is 4. The Morgan fingerprint density at radius 1 is 0.474 bits per heavy atom. The number of phenols is 3. The number of hydrogen-bond acceptors (Lipinski definition) is 19. The number of nitrogens with zero attached hydrogens (tertiary/aromatic N) is 5. The third-order valence-electron chi connectivity index (χ3n) is 23.6. The Kier molecular flexibility index (Phi) is 36.6. The van der Waals surface area contributed by atoms with E-state index >= 15 is 52.7 Å². The number of H-pyrrole nitrogens is 1. The van der Waals surface area contributed by atoms with Gasteiger partial charge in [-0.15, -0.1) is 11.8 Å². The molecule has 706 valence electrons. The monoisotopic (exact) mass is 1840 g/mol. The lowest BCUT2D eigenvalue weighted by molar-refractivity contribution is -0.151. The van der Waals surface area contributed by atoms with Crippen LogP contribution in [0, 0.1) is 11.8 Å². The number of fused-ring (bicyclic) bond motifs is 5. The van der Waals surface area contributed by atoms with Crippen LogP contribution in [-0.2, 0) is 117 Å². The van der Waals surface area contributed by atoms with Gasteiger partial charge in [0, 0.05) is 95.6 Å². The van der Waals surface area contributed by atoms with Crippen molar-refractivity contribution in [2.24, 2.45) is 17.6 Å². The van der Waals surface area contributed by atoms with Crippen molar-refractivity contribution in [1.82, 2.24) is 72.4 Å². The molecular formula is C98H120N16O18S. The summed E-state index contributed by atoms with van der Waals surface area (Å²) in [4.78, 5) is 234. The molecule has 2 aliphatic heterocycles. The van der Waals surface area contributed by atoms with Crippen LogP contribution in [0.4, 0.5) is 5.69 Å². The number of carbonyl (C=O) groups excluding carboxylic acids is 15. The van der Waals surface area contributed by atoms with E-state index in [1.165, 1.54) is 105 Å². The van der Waals surface area contributed by atoms with Crippen LogP contribution in [0.2, 0.25) is 0 Å². The van der Waals surface area contributed by atoms with Gasteiger partial charge in [0.1, 0.15) is 90.3 Å². The first kappa shape index (κ1) is 101. The van der Waals surface area contributed by atoms with Gasteiger partial charge in [-0.05, 0) is 113 Å². The van der Waals surface area contributed by atoms with Crippen LogP contribution >= 0.6 is 11.8 Å². The summed E-state index contributed by atoms with van der Waals surface area (Å²) in [5, 5.41) is 57.2. The first-order valence-electron chi connectivity index (χ1n) is 44.5. The summed E-state index contributed by atoms with van der Waals surface area (Å²) in [5.41, 5.74) is 9.91. The van der Waals surface area contributed by atoms with Crippen LogP contribution in [-0.4, -0.2) is 254 Å². The summed E-state index contributed by atoms with van der Waals surface area (Å²) in [6.45, 7) is 6.47. The fourth-order valence-electron chi connectivity index (χ4n) is 16.2. The number of para-hydroxylation sites is 1. The van der Waals surface area contributed by atoms with Gasteiger partial charge in [0.05, 0.1) is 24.5 Å². The number of phenolic OH excluding ortho intramolecular Hbond substituents is 3. The van der Waals surface area contributed by atoms with Gasteiger partial charge in [-0.3, -0.25) is 71.9 Å². The quantitative estimate of drug-likeness (QED) is 0.0454. The molecule has 34 nitrogen and oxygen atoms in total. The van der Waals surface area contributed by atoms with E-state index in [9.17, 15) is 34.5 Å². The molecule has 1 saturated heterocycles. The molecule has 0 radical (unpaired) electrons. The molecule has 35 heteroatoms. The summed E-state index contributed by atoms with van der Waals surface area (Å²) < 4.78 is 0. The Labute approximate surface area is 776 Å². The molecule has 0 saturated carbocycles. The second-order valence-corrected chi connectivity index (χ2v) is 35.6. The molecule has 0 spiro atoms. The molecule has 133 heavy (non-hydrogen) atoms. The molecule has 2 bridgehead atoms. The second kappa shape index (κ2) is 48.1. The van der Waals surface area contributed by atoms with Crippen molar-refractivity contribution >= 4 is 117 Å². The maximum atomic E-state index is 15.7. The predicted molar refractivity (Wildman–Crippen MR) is 501 cm³/mol. The predicted octanol–water partition coefficient (Wildman–Crippen LogP) is 4.08. The SMILES string of the molecule is CCCC[C@H]1C(=O)N(C)CC(=O)N[C@@H](Cc2ccc(O)cc2)C(=O)N[C@@H](C(C)C)C(=O)N(C)[C@@H](Cc2ccccc2)C(=O)N[C@H]2Cc3ccc(O)cc3N(CC(=O)N[C@@H](Cc3c[nH]c4ccccc34)C(=O)N[C@@H](Cc3ccc(O)cc3)C(=O)N[C@@H](CC(C)C)C(=O)N[C@H](C(=O)NCC(N)=O)CSCC(=O)N[C@@H](CCc3ccccc3)C(=O)N(C)[C@@H](Cc3ccccc3)C(=O)N1C)C2=O. The number of aromatic hydroxyl groups is 3. The molecule has 11 atom stereocenters. The normalized spacial score (nSPS) is 21.8. The smallest absolute Gasteiger partial charge is 0.250 e. The highest BCUT2D eigenvalue weighted by Crippen LogP contribution is 2.33. The lowest BCUT2D eigenvalue weighted by atomic mass is 9.95. The molecule has 1 aromatic heterocycles. The van der Waals surface area contributed by atoms with E-state index < -0.39 is 186 Å². The number of benzene rings is 7. The Morgan fingerprint density at radius 3 is 1.56 bits per heavy atom. The molecule has 7 aromatic carbocycles.